The van der Waals surface area contributed by atoms with Crippen molar-refractivity contribution in [2.24, 2.45) is 0 Å². The van der Waals surface area contributed by atoms with Crippen LogP contribution in [0.2, 0.25) is 0 Å². The Morgan fingerprint density at radius 1 is 1.26 bits per heavy atom. The fourth-order valence-corrected chi connectivity index (χ4v) is 2.76. The van der Waals surface area contributed by atoms with E-state index in [0.29, 0.717) is 15.6 Å². The van der Waals surface area contributed by atoms with Crippen LogP contribution in [0.4, 0.5) is 0 Å². The van der Waals surface area contributed by atoms with Gasteiger partial charge in [0, 0.05) is 19.4 Å². The van der Waals surface area contributed by atoms with Crippen LogP contribution in [0, 0.1) is 0 Å². The van der Waals surface area contributed by atoms with E-state index < -0.39 is 11.9 Å². The predicted octanol–water partition coefficient (Wildman–Crippen LogP) is 1.46. The lowest BCUT2D eigenvalue weighted by Gasteiger charge is -2.13. The van der Waals surface area contributed by atoms with Crippen molar-refractivity contribution in [3.05, 3.63) is 11.0 Å². The minimum atomic E-state index is -0.923. The van der Waals surface area contributed by atoms with Gasteiger partial charge in [-0.25, -0.2) is 0 Å². The molecular formula is C11H13NO5S2. The van der Waals surface area contributed by atoms with Crippen molar-refractivity contribution in [2.45, 2.75) is 25.7 Å². The minimum Gasteiger partial charge on any atom is -0.481 e. The van der Waals surface area contributed by atoms with Gasteiger partial charge in [0.1, 0.15) is 4.32 Å². The first-order valence-electron chi connectivity index (χ1n) is 5.59. The minimum absolute atomic E-state index is 0.0187. The molecule has 1 fully saturated rings. The van der Waals surface area contributed by atoms with Crippen molar-refractivity contribution < 1.29 is 24.6 Å². The summed E-state index contributed by atoms with van der Waals surface area (Å²) in [6.45, 7) is 0.271. The van der Waals surface area contributed by atoms with Gasteiger partial charge >= 0.3 is 11.9 Å². The first kappa shape index (κ1) is 15.6. The molecule has 0 aliphatic carbocycles. The van der Waals surface area contributed by atoms with Gasteiger partial charge in [-0.2, -0.15) is 0 Å². The Labute approximate surface area is 119 Å². The standard InChI is InChI=1S/C11H13NO5S2/c13-8(14)4-1-3-7-10(17)12(11(18)19-7)6-2-5-9(15)16/h3H,1-2,4-6H2,(H,13,14)(H,15,16)/b7-3-. The molecule has 1 aliphatic heterocycles. The molecule has 8 heteroatoms. The average Bonchev–Trinajstić information content (AvgIpc) is 2.56. The van der Waals surface area contributed by atoms with Crippen LogP contribution in [0.3, 0.4) is 0 Å². The largest absolute Gasteiger partial charge is 0.481 e. The summed E-state index contributed by atoms with van der Waals surface area (Å²) in [5.41, 5.74) is 0. The van der Waals surface area contributed by atoms with Gasteiger partial charge in [-0.1, -0.05) is 30.1 Å². The third kappa shape index (κ3) is 4.99. The molecule has 2 N–H and O–H groups in total. The summed E-state index contributed by atoms with van der Waals surface area (Å²) in [5.74, 6) is -2.11. The molecule has 104 valence electrons. The molecule has 1 rings (SSSR count). The highest BCUT2D eigenvalue weighted by molar-refractivity contribution is 8.26. The maximum absolute atomic E-state index is 11.9. The van der Waals surface area contributed by atoms with Crippen LogP contribution in [0.25, 0.3) is 0 Å². The number of nitrogens with zero attached hydrogens (tertiary/aromatic N) is 1. The molecule has 1 heterocycles. The zero-order valence-electron chi connectivity index (χ0n) is 10.00. The second-order valence-corrected chi connectivity index (χ2v) is 5.50. The summed E-state index contributed by atoms with van der Waals surface area (Å²) in [5, 5.41) is 17.0. The molecule has 0 spiro atoms. The second kappa shape index (κ2) is 7.25. The van der Waals surface area contributed by atoms with Gasteiger partial charge in [0.2, 0.25) is 0 Å². The number of hydrogen-bond acceptors (Lipinski definition) is 5. The van der Waals surface area contributed by atoms with Crippen LogP contribution in [-0.2, 0) is 14.4 Å². The first-order chi connectivity index (χ1) is 8.91. The van der Waals surface area contributed by atoms with Crippen molar-refractivity contribution in [3.8, 4) is 0 Å². The summed E-state index contributed by atoms with van der Waals surface area (Å²) in [7, 11) is 0. The predicted molar refractivity (Wildman–Crippen MR) is 73.7 cm³/mol. The van der Waals surface area contributed by atoms with E-state index in [4.69, 9.17) is 22.4 Å². The normalized spacial score (nSPS) is 17.3. The zero-order valence-corrected chi connectivity index (χ0v) is 11.6. The highest BCUT2D eigenvalue weighted by Crippen LogP contribution is 2.31. The van der Waals surface area contributed by atoms with Crippen molar-refractivity contribution >= 4 is 46.1 Å². The van der Waals surface area contributed by atoms with Crippen LogP contribution in [0.5, 0.6) is 0 Å². The Morgan fingerprint density at radius 2 is 1.89 bits per heavy atom. The second-order valence-electron chi connectivity index (χ2n) is 3.82. The lowest BCUT2D eigenvalue weighted by molar-refractivity contribution is -0.138. The number of carbonyl (C=O) groups is 3. The third-order valence-electron chi connectivity index (χ3n) is 2.33. The molecule has 0 aromatic rings. The highest BCUT2D eigenvalue weighted by atomic mass is 32.2. The van der Waals surface area contributed by atoms with E-state index in [2.05, 4.69) is 0 Å². The molecule has 1 saturated heterocycles. The van der Waals surface area contributed by atoms with E-state index >= 15 is 0 Å². The Bertz CT molecular complexity index is 446. The number of carbonyl (C=O) groups excluding carboxylic acids is 1. The number of carboxylic acids is 2. The number of thioether (sulfide) groups is 1. The number of thiocarbonyl (C=S) groups is 1. The van der Waals surface area contributed by atoms with Gasteiger partial charge in [0.05, 0.1) is 4.91 Å². The summed E-state index contributed by atoms with van der Waals surface area (Å²) < 4.78 is 0.386. The Kier molecular flexibility index (Phi) is 5.97. The van der Waals surface area contributed by atoms with Crippen molar-refractivity contribution in [1.29, 1.82) is 0 Å². The van der Waals surface area contributed by atoms with Crippen molar-refractivity contribution in [2.75, 3.05) is 6.54 Å². The molecule has 0 atom stereocenters. The molecule has 19 heavy (non-hydrogen) atoms. The molecule has 0 aromatic carbocycles. The van der Waals surface area contributed by atoms with Gasteiger partial charge in [0.25, 0.3) is 5.91 Å². The molecule has 0 bridgehead atoms. The van der Waals surface area contributed by atoms with Crippen LogP contribution in [0.15, 0.2) is 11.0 Å². The SMILES string of the molecule is O=C(O)CC/C=C1\SC(=S)N(CCCC(=O)O)C1=O. The summed E-state index contributed by atoms with van der Waals surface area (Å²) >= 11 is 6.16. The summed E-state index contributed by atoms with van der Waals surface area (Å²) in [4.78, 5) is 34.5. The fraction of sp³-hybridized carbons (Fsp3) is 0.455. The van der Waals surface area contributed by atoms with Crippen molar-refractivity contribution in [3.63, 3.8) is 0 Å². The van der Waals surface area contributed by atoms with Gasteiger partial charge in [-0.05, 0) is 12.8 Å². The zero-order chi connectivity index (χ0) is 14.4. The van der Waals surface area contributed by atoms with Gasteiger partial charge in [0.15, 0.2) is 0 Å². The maximum atomic E-state index is 11.9. The van der Waals surface area contributed by atoms with Crippen molar-refractivity contribution in [1.82, 2.24) is 4.90 Å². The first-order valence-corrected chi connectivity index (χ1v) is 6.81. The van der Waals surface area contributed by atoms with E-state index in [1.165, 1.54) is 4.90 Å². The number of amides is 1. The molecule has 1 amide bonds. The number of allylic oxidation sites excluding steroid dienone is 1. The fourth-order valence-electron chi connectivity index (χ4n) is 1.45. The van der Waals surface area contributed by atoms with Gasteiger partial charge in [-0.15, -0.1) is 0 Å². The Morgan fingerprint density at radius 3 is 2.47 bits per heavy atom. The molecular weight excluding hydrogens is 290 g/mol. The van der Waals surface area contributed by atoms with Crippen LogP contribution in [0.1, 0.15) is 25.7 Å². The van der Waals surface area contributed by atoms with E-state index in [1.807, 2.05) is 0 Å². The van der Waals surface area contributed by atoms with E-state index in [0.717, 1.165) is 11.8 Å². The smallest absolute Gasteiger partial charge is 0.303 e. The topological polar surface area (TPSA) is 94.9 Å². The van der Waals surface area contributed by atoms with Gasteiger partial charge < -0.3 is 10.2 Å². The molecule has 1 aliphatic rings. The third-order valence-corrected chi connectivity index (χ3v) is 3.76. The molecule has 0 radical (unpaired) electrons. The number of aliphatic carboxylic acids is 2. The lowest BCUT2D eigenvalue weighted by Crippen LogP contribution is -2.29. The lowest BCUT2D eigenvalue weighted by atomic mass is 10.2. The van der Waals surface area contributed by atoms with Crippen LogP contribution < -0.4 is 0 Å². The van der Waals surface area contributed by atoms with Crippen LogP contribution >= 0.6 is 24.0 Å². The summed E-state index contributed by atoms with van der Waals surface area (Å²) in [6.07, 6.45) is 2.11. The summed E-state index contributed by atoms with van der Waals surface area (Å²) in [6, 6.07) is 0. The highest BCUT2D eigenvalue weighted by Gasteiger charge is 2.31. The van der Waals surface area contributed by atoms with Gasteiger partial charge in [-0.3, -0.25) is 19.3 Å². The average molecular weight is 303 g/mol. The number of hydrogen-bond donors (Lipinski definition) is 2. The monoisotopic (exact) mass is 303 g/mol. The molecule has 0 unspecified atom stereocenters. The maximum Gasteiger partial charge on any atom is 0.303 e. The molecule has 6 nitrogen and oxygen atoms in total. The number of carboxylic acid groups (broad SMARTS) is 2. The molecule has 0 aromatic heterocycles. The van der Waals surface area contributed by atoms with E-state index in [1.54, 1.807) is 6.08 Å². The van der Waals surface area contributed by atoms with E-state index in [9.17, 15) is 14.4 Å². The van der Waals surface area contributed by atoms with Crippen LogP contribution in [-0.4, -0.2) is 43.8 Å². The molecule has 0 saturated carbocycles. The Hall–Kier alpha value is -1.41. The number of rotatable bonds is 7. The Balaban J connectivity index is 2.53. The quantitative estimate of drug-likeness (QED) is 0.543. The van der Waals surface area contributed by atoms with E-state index in [-0.39, 0.29) is 31.7 Å².